The minimum Gasteiger partial charge on any atom is -0.479 e. The minimum absolute atomic E-state index is 0.174. The van der Waals surface area contributed by atoms with Gasteiger partial charge in [-0.3, -0.25) is 0 Å². The molecule has 0 aromatic carbocycles. The summed E-state index contributed by atoms with van der Waals surface area (Å²) in [6, 6.07) is 0. The first-order valence-electron chi connectivity index (χ1n) is 2.77. The summed E-state index contributed by atoms with van der Waals surface area (Å²) >= 11 is 0. The highest BCUT2D eigenvalue weighted by atomic mass is 16.6. The van der Waals surface area contributed by atoms with E-state index in [-0.39, 0.29) is 6.10 Å². The van der Waals surface area contributed by atoms with E-state index in [0.717, 1.165) is 0 Å². The number of ether oxygens (including phenoxy) is 1. The van der Waals surface area contributed by atoms with Gasteiger partial charge in [-0.1, -0.05) is 12.2 Å². The van der Waals surface area contributed by atoms with E-state index in [1.165, 1.54) is 0 Å². The number of rotatable bonds is 2. The molecule has 1 N–H and O–H groups in total. The number of hydrogen-bond acceptors (Lipinski definition) is 2. The quantitative estimate of drug-likeness (QED) is 0.433. The van der Waals surface area contributed by atoms with Gasteiger partial charge in [-0.2, -0.15) is 0 Å². The van der Waals surface area contributed by atoms with Crippen molar-refractivity contribution in [3.63, 3.8) is 0 Å². The van der Waals surface area contributed by atoms with Crippen LogP contribution in [0.15, 0.2) is 12.2 Å². The first-order valence-corrected chi connectivity index (χ1v) is 2.77. The van der Waals surface area contributed by atoms with Gasteiger partial charge in [0.05, 0.1) is 0 Å². The Hall–Kier alpha value is -0.830. The van der Waals surface area contributed by atoms with Crippen molar-refractivity contribution in [3.05, 3.63) is 12.2 Å². The zero-order valence-corrected chi connectivity index (χ0v) is 5.07. The maximum absolute atomic E-state index is 10.1. The molecule has 0 bridgehead atoms. The fourth-order valence-corrected chi connectivity index (χ4v) is 0.659. The third kappa shape index (κ3) is 1.29. The van der Waals surface area contributed by atoms with Crippen LogP contribution < -0.4 is 0 Å². The van der Waals surface area contributed by atoms with Crippen LogP contribution in [0.3, 0.4) is 0 Å². The lowest BCUT2D eigenvalue weighted by molar-refractivity contribution is -0.138. The number of carbonyl (C=O) groups is 1. The third-order valence-corrected chi connectivity index (χ3v) is 1.15. The van der Waals surface area contributed by atoms with Crippen LogP contribution in [0, 0.1) is 0 Å². The van der Waals surface area contributed by atoms with Gasteiger partial charge in [0.15, 0.2) is 6.10 Å². The van der Waals surface area contributed by atoms with Crippen molar-refractivity contribution in [2.45, 2.75) is 19.1 Å². The molecule has 50 valence electrons. The highest BCUT2D eigenvalue weighted by Crippen LogP contribution is 2.22. The normalized spacial score (nSPS) is 33.0. The number of carboxylic acid groups (broad SMARTS) is 1. The SMILES string of the molecule is C/C=C/[C@@H]1O[C@@H]1C(=O)O. The molecule has 1 saturated heterocycles. The molecular formula is C6H8O3. The van der Waals surface area contributed by atoms with Gasteiger partial charge in [0.25, 0.3) is 0 Å². The van der Waals surface area contributed by atoms with E-state index in [1.807, 2.05) is 6.92 Å². The van der Waals surface area contributed by atoms with Crippen LogP contribution in [0.5, 0.6) is 0 Å². The second kappa shape index (κ2) is 2.19. The van der Waals surface area contributed by atoms with E-state index < -0.39 is 12.1 Å². The Bertz CT molecular complexity index is 150. The van der Waals surface area contributed by atoms with Crippen LogP contribution >= 0.6 is 0 Å². The first kappa shape index (κ1) is 6.29. The number of epoxide rings is 1. The molecular weight excluding hydrogens is 120 g/mol. The number of allylic oxidation sites excluding steroid dienone is 1. The van der Waals surface area contributed by atoms with Crippen molar-refractivity contribution in [1.82, 2.24) is 0 Å². The van der Waals surface area contributed by atoms with Gasteiger partial charge in [-0.05, 0) is 6.92 Å². The lowest BCUT2D eigenvalue weighted by Crippen LogP contribution is -2.06. The van der Waals surface area contributed by atoms with E-state index in [4.69, 9.17) is 9.84 Å². The van der Waals surface area contributed by atoms with Crippen LogP contribution in [-0.2, 0) is 9.53 Å². The zero-order chi connectivity index (χ0) is 6.85. The van der Waals surface area contributed by atoms with E-state index in [1.54, 1.807) is 12.2 Å². The Morgan fingerprint density at radius 3 is 2.78 bits per heavy atom. The molecule has 3 heteroatoms. The maximum Gasteiger partial charge on any atom is 0.335 e. The molecule has 0 saturated carbocycles. The summed E-state index contributed by atoms with van der Waals surface area (Å²) in [5, 5.41) is 8.29. The molecule has 0 amide bonds. The molecule has 3 nitrogen and oxygen atoms in total. The number of aliphatic carboxylic acids is 1. The van der Waals surface area contributed by atoms with E-state index in [2.05, 4.69) is 0 Å². The van der Waals surface area contributed by atoms with Gasteiger partial charge in [-0.15, -0.1) is 0 Å². The van der Waals surface area contributed by atoms with E-state index >= 15 is 0 Å². The topological polar surface area (TPSA) is 49.8 Å². The molecule has 0 aliphatic carbocycles. The highest BCUT2D eigenvalue weighted by molar-refractivity contribution is 5.76. The predicted molar refractivity (Wildman–Crippen MR) is 31.1 cm³/mol. The Labute approximate surface area is 52.9 Å². The fourth-order valence-electron chi connectivity index (χ4n) is 0.659. The lowest BCUT2D eigenvalue weighted by atomic mass is 10.3. The summed E-state index contributed by atoms with van der Waals surface area (Å²) in [7, 11) is 0. The van der Waals surface area contributed by atoms with Gasteiger partial charge in [-0.25, -0.2) is 4.79 Å². The van der Waals surface area contributed by atoms with Crippen LogP contribution in [0.1, 0.15) is 6.92 Å². The summed E-state index contributed by atoms with van der Waals surface area (Å²) in [6.45, 7) is 1.83. The molecule has 0 unspecified atom stereocenters. The Morgan fingerprint density at radius 2 is 2.44 bits per heavy atom. The molecule has 0 aromatic heterocycles. The summed E-state index contributed by atoms with van der Waals surface area (Å²) in [6.07, 6.45) is 2.76. The molecule has 9 heavy (non-hydrogen) atoms. The Morgan fingerprint density at radius 1 is 1.78 bits per heavy atom. The maximum atomic E-state index is 10.1. The highest BCUT2D eigenvalue weighted by Gasteiger charge is 2.42. The van der Waals surface area contributed by atoms with Gasteiger partial charge in [0, 0.05) is 0 Å². The van der Waals surface area contributed by atoms with Gasteiger partial charge in [0.1, 0.15) is 6.10 Å². The predicted octanol–water partition coefficient (Wildman–Crippen LogP) is 0.415. The molecule has 0 spiro atoms. The zero-order valence-electron chi connectivity index (χ0n) is 5.07. The van der Waals surface area contributed by atoms with Crippen molar-refractivity contribution < 1.29 is 14.6 Å². The number of hydrogen-bond donors (Lipinski definition) is 1. The fraction of sp³-hybridized carbons (Fsp3) is 0.500. The molecule has 1 fully saturated rings. The monoisotopic (exact) mass is 128 g/mol. The largest absolute Gasteiger partial charge is 0.479 e. The van der Waals surface area contributed by atoms with Gasteiger partial charge >= 0.3 is 5.97 Å². The standard InChI is InChI=1S/C6H8O3/c1-2-3-4-5(9-4)6(7)8/h2-5H,1H3,(H,7,8)/b3-2+/t4-,5-/m0/s1. The van der Waals surface area contributed by atoms with E-state index in [0.29, 0.717) is 0 Å². The molecule has 1 aliphatic heterocycles. The van der Waals surface area contributed by atoms with Crippen LogP contribution in [0.25, 0.3) is 0 Å². The summed E-state index contributed by atoms with van der Waals surface area (Å²) < 4.78 is 4.73. The number of carboxylic acids is 1. The molecule has 0 aromatic rings. The average molecular weight is 128 g/mol. The minimum atomic E-state index is -0.877. The van der Waals surface area contributed by atoms with E-state index in [9.17, 15) is 4.79 Å². The van der Waals surface area contributed by atoms with Crippen molar-refractivity contribution in [1.29, 1.82) is 0 Å². The first-order chi connectivity index (χ1) is 4.25. The molecule has 1 rings (SSSR count). The summed E-state index contributed by atoms with van der Waals surface area (Å²) in [5.74, 6) is -0.877. The van der Waals surface area contributed by atoms with Crippen molar-refractivity contribution in [2.24, 2.45) is 0 Å². The van der Waals surface area contributed by atoms with Gasteiger partial charge < -0.3 is 9.84 Å². The Kier molecular flexibility index (Phi) is 1.53. The van der Waals surface area contributed by atoms with Crippen molar-refractivity contribution >= 4 is 5.97 Å². The summed E-state index contributed by atoms with van der Waals surface area (Å²) in [5.41, 5.74) is 0. The Balaban J connectivity index is 2.33. The average Bonchev–Trinajstić information content (AvgIpc) is 2.47. The van der Waals surface area contributed by atoms with Crippen LogP contribution in [-0.4, -0.2) is 23.3 Å². The third-order valence-electron chi connectivity index (χ3n) is 1.15. The molecule has 1 heterocycles. The van der Waals surface area contributed by atoms with Crippen molar-refractivity contribution in [3.8, 4) is 0 Å². The second-order valence-corrected chi connectivity index (χ2v) is 1.89. The second-order valence-electron chi connectivity index (χ2n) is 1.89. The van der Waals surface area contributed by atoms with Crippen molar-refractivity contribution in [2.75, 3.05) is 0 Å². The molecule has 2 atom stereocenters. The van der Waals surface area contributed by atoms with Gasteiger partial charge in [0.2, 0.25) is 0 Å². The molecule has 1 aliphatic rings. The smallest absolute Gasteiger partial charge is 0.335 e. The molecule has 0 radical (unpaired) electrons. The van der Waals surface area contributed by atoms with Crippen LogP contribution in [0.4, 0.5) is 0 Å². The van der Waals surface area contributed by atoms with Crippen LogP contribution in [0.2, 0.25) is 0 Å². The summed E-state index contributed by atoms with van der Waals surface area (Å²) in [4.78, 5) is 10.1. The lowest BCUT2D eigenvalue weighted by Gasteiger charge is -1.76.